The van der Waals surface area contributed by atoms with Crippen LogP contribution in [0.25, 0.3) is 21.9 Å². The molecule has 0 spiro atoms. The van der Waals surface area contributed by atoms with E-state index in [1.165, 1.54) is 12.1 Å². The van der Waals surface area contributed by atoms with Crippen molar-refractivity contribution >= 4 is 10.8 Å². The highest BCUT2D eigenvalue weighted by Crippen LogP contribution is 2.34. The van der Waals surface area contributed by atoms with Crippen molar-refractivity contribution in [3.05, 3.63) is 101 Å². The number of methoxy groups -OCH3 is 1. The molecule has 0 aliphatic rings. The molecular formula is C25H18F4O. The van der Waals surface area contributed by atoms with Crippen molar-refractivity contribution in [2.45, 2.75) is 12.8 Å². The number of aryl methyl sites for hydroxylation is 2. The topological polar surface area (TPSA) is 9.23 Å². The van der Waals surface area contributed by atoms with Crippen LogP contribution in [-0.2, 0) is 12.8 Å². The van der Waals surface area contributed by atoms with Gasteiger partial charge >= 0.3 is 0 Å². The number of halogens is 4. The molecule has 0 aliphatic heterocycles. The summed E-state index contributed by atoms with van der Waals surface area (Å²) in [6.07, 6.45) is 1.27. The molecule has 4 rings (SSSR count). The van der Waals surface area contributed by atoms with E-state index in [0.29, 0.717) is 18.4 Å². The third-order valence-corrected chi connectivity index (χ3v) is 5.16. The monoisotopic (exact) mass is 410 g/mol. The van der Waals surface area contributed by atoms with Crippen LogP contribution in [0, 0.1) is 23.3 Å². The van der Waals surface area contributed by atoms with Gasteiger partial charge in [-0.05, 0) is 46.9 Å². The van der Waals surface area contributed by atoms with Gasteiger partial charge in [0.05, 0.1) is 7.11 Å². The quantitative estimate of drug-likeness (QED) is 0.258. The van der Waals surface area contributed by atoms with E-state index in [1.807, 2.05) is 36.4 Å². The van der Waals surface area contributed by atoms with Gasteiger partial charge in [-0.3, -0.25) is 0 Å². The van der Waals surface area contributed by atoms with Crippen LogP contribution in [0.15, 0.2) is 66.7 Å². The van der Waals surface area contributed by atoms with E-state index in [-0.39, 0.29) is 5.56 Å². The van der Waals surface area contributed by atoms with E-state index in [9.17, 15) is 17.6 Å². The van der Waals surface area contributed by atoms with Crippen LogP contribution >= 0.6 is 0 Å². The standard InChI is InChI=1S/C25H18F4O/c1-30-25-22(27)14-20(23(28)24(25)29)19-11-9-16(13-21(19)26)7-6-15-8-10-17-4-2-3-5-18(17)12-15/h2-5,8-14H,6-7H2,1H3. The highest BCUT2D eigenvalue weighted by molar-refractivity contribution is 5.83. The molecule has 0 bridgehead atoms. The molecule has 0 saturated carbocycles. The molecular weight excluding hydrogens is 392 g/mol. The Kier molecular flexibility index (Phi) is 5.44. The average Bonchev–Trinajstić information content (AvgIpc) is 2.75. The molecule has 0 fully saturated rings. The summed E-state index contributed by atoms with van der Waals surface area (Å²) in [6, 6.07) is 19.2. The first kappa shape index (κ1) is 20.0. The third kappa shape index (κ3) is 3.75. The van der Waals surface area contributed by atoms with Crippen LogP contribution in [0.4, 0.5) is 17.6 Å². The van der Waals surface area contributed by atoms with E-state index in [0.717, 1.165) is 29.5 Å². The van der Waals surface area contributed by atoms with Crippen LogP contribution in [-0.4, -0.2) is 7.11 Å². The SMILES string of the molecule is COc1c(F)cc(-c2ccc(CCc3ccc4ccccc4c3)cc2F)c(F)c1F. The highest BCUT2D eigenvalue weighted by atomic mass is 19.2. The second kappa shape index (κ2) is 8.19. The first-order chi connectivity index (χ1) is 14.5. The van der Waals surface area contributed by atoms with Crippen LogP contribution in [0.5, 0.6) is 5.75 Å². The van der Waals surface area contributed by atoms with Crippen molar-refractivity contribution in [2.24, 2.45) is 0 Å². The second-order valence-electron chi connectivity index (χ2n) is 7.06. The van der Waals surface area contributed by atoms with Gasteiger partial charge in [0.2, 0.25) is 5.82 Å². The van der Waals surface area contributed by atoms with E-state index in [1.54, 1.807) is 6.07 Å². The molecule has 0 amide bonds. The Hall–Kier alpha value is -3.34. The molecule has 0 saturated heterocycles. The molecule has 0 heterocycles. The zero-order valence-corrected chi connectivity index (χ0v) is 16.2. The minimum Gasteiger partial charge on any atom is -0.491 e. The molecule has 152 valence electrons. The van der Waals surface area contributed by atoms with Crippen molar-refractivity contribution < 1.29 is 22.3 Å². The lowest BCUT2D eigenvalue weighted by molar-refractivity contribution is 0.347. The van der Waals surface area contributed by atoms with Gasteiger partial charge in [0.25, 0.3) is 0 Å². The van der Waals surface area contributed by atoms with Crippen molar-refractivity contribution in [1.29, 1.82) is 0 Å². The largest absolute Gasteiger partial charge is 0.491 e. The molecule has 0 atom stereocenters. The summed E-state index contributed by atoms with van der Waals surface area (Å²) in [6.45, 7) is 0. The smallest absolute Gasteiger partial charge is 0.204 e. The molecule has 0 aliphatic carbocycles. The van der Waals surface area contributed by atoms with Crippen molar-refractivity contribution in [2.75, 3.05) is 7.11 Å². The fourth-order valence-corrected chi connectivity index (χ4v) is 3.58. The maximum absolute atomic E-state index is 14.7. The van der Waals surface area contributed by atoms with Gasteiger partial charge < -0.3 is 4.74 Å². The van der Waals surface area contributed by atoms with Crippen LogP contribution in [0.3, 0.4) is 0 Å². The Balaban J connectivity index is 1.57. The lowest BCUT2D eigenvalue weighted by atomic mass is 9.98. The number of hydrogen-bond acceptors (Lipinski definition) is 1. The molecule has 0 radical (unpaired) electrons. The molecule has 1 nitrogen and oxygen atoms in total. The van der Waals surface area contributed by atoms with Gasteiger partial charge in [0.1, 0.15) is 5.82 Å². The highest BCUT2D eigenvalue weighted by Gasteiger charge is 2.22. The zero-order valence-electron chi connectivity index (χ0n) is 16.2. The lowest BCUT2D eigenvalue weighted by Gasteiger charge is -2.11. The first-order valence-corrected chi connectivity index (χ1v) is 9.46. The number of hydrogen-bond donors (Lipinski definition) is 0. The van der Waals surface area contributed by atoms with Gasteiger partial charge in [-0.25, -0.2) is 13.2 Å². The average molecular weight is 410 g/mol. The predicted molar refractivity (Wildman–Crippen MR) is 110 cm³/mol. The Morgan fingerprint density at radius 1 is 0.633 bits per heavy atom. The summed E-state index contributed by atoms with van der Waals surface area (Å²) in [5, 5.41) is 2.29. The minimum absolute atomic E-state index is 0.206. The Labute approximate surface area is 171 Å². The Bertz CT molecular complexity index is 1230. The molecule has 4 aromatic carbocycles. The summed E-state index contributed by atoms with van der Waals surface area (Å²) in [4.78, 5) is 0. The number of fused-ring (bicyclic) bond motifs is 1. The normalized spacial score (nSPS) is 11.1. The zero-order chi connectivity index (χ0) is 21.3. The summed E-state index contributed by atoms with van der Waals surface area (Å²) < 4.78 is 61.4. The Morgan fingerprint density at radius 3 is 2.00 bits per heavy atom. The van der Waals surface area contributed by atoms with Crippen molar-refractivity contribution in [3.63, 3.8) is 0 Å². The third-order valence-electron chi connectivity index (χ3n) is 5.16. The molecule has 0 unspecified atom stereocenters. The van der Waals surface area contributed by atoms with Gasteiger partial charge in [-0.2, -0.15) is 4.39 Å². The molecule has 0 N–H and O–H groups in total. The fraction of sp³-hybridized carbons (Fsp3) is 0.120. The van der Waals surface area contributed by atoms with Crippen LogP contribution in [0.2, 0.25) is 0 Å². The maximum Gasteiger partial charge on any atom is 0.204 e. The number of ether oxygens (including phenoxy) is 1. The first-order valence-electron chi connectivity index (χ1n) is 9.46. The van der Waals surface area contributed by atoms with E-state index in [2.05, 4.69) is 10.8 Å². The van der Waals surface area contributed by atoms with E-state index < -0.39 is 34.6 Å². The maximum atomic E-state index is 14.7. The van der Waals surface area contributed by atoms with Gasteiger partial charge in [0, 0.05) is 11.1 Å². The summed E-state index contributed by atoms with van der Waals surface area (Å²) in [5.74, 6) is -5.49. The fourth-order valence-electron chi connectivity index (χ4n) is 3.58. The summed E-state index contributed by atoms with van der Waals surface area (Å²) in [7, 11) is 1.03. The predicted octanol–water partition coefficient (Wildman–Crippen LogP) is 6.86. The van der Waals surface area contributed by atoms with Crippen molar-refractivity contribution in [1.82, 2.24) is 0 Å². The molecule has 4 aromatic rings. The van der Waals surface area contributed by atoms with Gasteiger partial charge in [-0.15, -0.1) is 0 Å². The van der Waals surface area contributed by atoms with Crippen LogP contribution < -0.4 is 4.74 Å². The van der Waals surface area contributed by atoms with E-state index >= 15 is 0 Å². The molecule has 0 aromatic heterocycles. The minimum atomic E-state index is -1.48. The van der Waals surface area contributed by atoms with Crippen molar-refractivity contribution in [3.8, 4) is 16.9 Å². The number of rotatable bonds is 5. The molecule has 30 heavy (non-hydrogen) atoms. The molecule has 5 heteroatoms. The number of benzene rings is 4. The lowest BCUT2D eigenvalue weighted by Crippen LogP contribution is -2.00. The summed E-state index contributed by atoms with van der Waals surface area (Å²) in [5.41, 5.74) is 1.13. The Morgan fingerprint density at radius 2 is 1.30 bits per heavy atom. The summed E-state index contributed by atoms with van der Waals surface area (Å²) >= 11 is 0. The van der Waals surface area contributed by atoms with Gasteiger partial charge in [-0.1, -0.05) is 54.6 Å². The van der Waals surface area contributed by atoms with Gasteiger partial charge in [0.15, 0.2) is 17.4 Å². The second-order valence-corrected chi connectivity index (χ2v) is 7.06. The van der Waals surface area contributed by atoms with E-state index in [4.69, 9.17) is 0 Å². The van der Waals surface area contributed by atoms with Crippen LogP contribution in [0.1, 0.15) is 11.1 Å².